The Morgan fingerprint density at radius 3 is 2.71 bits per heavy atom. The van der Waals surface area contributed by atoms with Crippen LogP contribution >= 0.6 is 11.6 Å². The second kappa shape index (κ2) is 5.87. The van der Waals surface area contributed by atoms with E-state index in [1.807, 2.05) is 18.5 Å². The van der Waals surface area contributed by atoms with Crippen molar-refractivity contribution >= 4 is 28.2 Å². The van der Waals surface area contributed by atoms with Crippen molar-refractivity contribution in [2.24, 2.45) is 0 Å². The summed E-state index contributed by atoms with van der Waals surface area (Å²) in [5.41, 5.74) is 6.40. The average molecular weight is 337 g/mol. The Bertz CT molecular complexity index is 1050. The zero-order chi connectivity index (χ0) is 16.7. The van der Waals surface area contributed by atoms with E-state index in [1.165, 1.54) is 5.56 Å². The summed E-state index contributed by atoms with van der Waals surface area (Å²) in [6.07, 6.45) is 9.61. The Kier molecular flexibility index (Phi) is 3.69. The second-order valence-electron chi connectivity index (χ2n) is 5.99. The van der Waals surface area contributed by atoms with Gasteiger partial charge >= 0.3 is 0 Å². The van der Waals surface area contributed by atoms with Crippen molar-refractivity contribution in [3.8, 4) is 11.1 Å². The highest BCUT2D eigenvalue weighted by molar-refractivity contribution is 6.30. The van der Waals surface area contributed by atoms with Gasteiger partial charge in [0, 0.05) is 53.1 Å². The molecule has 120 valence electrons. The third kappa shape index (κ3) is 2.43. The molecule has 0 aliphatic heterocycles. The zero-order valence-corrected chi connectivity index (χ0v) is 14.4. The first-order valence-corrected chi connectivity index (χ1v) is 8.42. The second-order valence-corrected chi connectivity index (χ2v) is 6.37. The molecule has 0 N–H and O–H groups in total. The topological polar surface area (TPSA) is 43.1 Å². The zero-order valence-electron chi connectivity index (χ0n) is 13.6. The fourth-order valence-corrected chi connectivity index (χ4v) is 3.31. The molecule has 0 saturated carbocycles. The molecule has 0 saturated heterocycles. The Morgan fingerprint density at radius 2 is 1.92 bits per heavy atom. The minimum absolute atomic E-state index is 0.479. The number of aryl methyl sites for hydroxylation is 2. The van der Waals surface area contributed by atoms with Gasteiger partial charge in [-0.05, 0) is 31.0 Å². The first kappa shape index (κ1) is 15.1. The van der Waals surface area contributed by atoms with Gasteiger partial charge in [0.05, 0.1) is 5.52 Å². The molecule has 0 bridgehead atoms. The van der Waals surface area contributed by atoms with Crippen LogP contribution in [0.25, 0.3) is 27.7 Å². The van der Waals surface area contributed by atoms with Crippen LogP contribution in [0.2, 0.25) is 5.15 Å². The molecule has 0 aliphatic rings. The molecular formula is C19H17ClN4. The number of aromatic nitrogens is 4. The molecule has 4 rings (SSSR count). The van der Waals surface area contributed by atoms with E-state index in [0.717, 1.165) is 46.2 Å². The van der Waals surface area contributed by atoms with E-state index in [4.69, 9.17) is 11.6 Å². The lowest BCUT2D eigenvalue weighted by atomic mass is 10.0. The monoisotopic (exact) mass is 336 g/mol. The molecule has 4 nitrogen and oxygen atoms in total. The normalized spacial score (nSPS) is 11.5. The number of pyridine rings is 3. The van der Waals surface area contributed by atoms with Crippen LogP contribution in [0.5, 0.6) is 0 Å². The van der Waals surface area contributed by atoms with Crippen LogP contribution in [-0.2, 0) is 6.42 Å². The standard InChI is InChI=1S/C19H17ClN4/c1-3-4-14-7-12(2)16(11-22-14)15-8-13-10-23-18(20)9-17(13)24-6-5-21-19(15)24/h5-11H,3-4H2,1-2H3. The van der Waals surface area contributed by atoms with Crippen LogP contribution in [0.1, 0.15) is 24.6 Å². The third-order valence-corrected chi connectivity index (χ3v) is 4.49. The number of imidazole rings is 1. The molecule has 0 amide bonds. The van der Waals surface area contributed by atoms with Gasteiger partial charge in [-0.2, -0.15) is 0 Å². The van der Waals surface area contributed by atoms with Crippen LogP contribution in [0.15, 0.2) is 43.0 Å². The van der Waals surface area contributed by atoms with Crippen LogP contribution < -0.4 is 0 Å². The van der Waals surface area contributed by atoms with E-state index >= 15 is 0 Å². The summed E-state index contributed by atoms with van der Waals surface area (Å²) < 4.78 is 2.05. The fraction of sp³-hybridized carbons (Fsp3) is 0.211. The number of nitrogens with zero attached hydrogens (tertiary/aromatic N) is 4. The molecule has 4 aromatic heterocycles. The molecule has 0 aromatic carbocycles. The largest absolute Gasteiger partial charge is 0.299 e. The molecule has 5 heteroatoms. The van der Waals surface area contributed by atoms with Crippen molar-refractivity contribution in [1.82, 2.24) is 19.4 Å². The van der Waals surface area contributed by atoms with E-state index in [0.29, 0.717) is 5.15 Å². The van der Waals surface area contributed by atoms with E-state index in [1.54, 1.807) is 12.4 Å². The molecule has 0 radical (unpaired) electrons. The summed E-state index contributed by atoms with van der Waals surface area (Å²) in [5, 5.41) is 1.50. The maximum absolute atomic E-state index is 6.06. The number of hydrogen-bond acceptors (Lipinski definition) is 3. The van der Waals surface area contributed by atoms with Gasteiger partial charge < -0.3 is 0 Å². The van der Waals surface area contributed by atoms with E-state index < -0.39 is 0 Å². The minimum atomic E-state index is 0.479. The summed E-state index contributed by atoms with van der Waals surface area (Å²) in [6, 6.07) is 6.15. The van der Waals surface area contributed by atoms with Crippen molar-refractivity contribution in [2.45, 2.75) is 26.7 Å². The molecule has 4 aromatic rings. The smallest absolute Gasteiger partial charge is 0.145 e. The van der Waals surface area contributed by atoms with Crippen molar-refractivity contribution in [2.75, 3.05) is 0 Å². The van der Waals surface area contributed by atoms with Gasteiger partial charge in [-0.1, -0.05) is 24.9 Å². The SMILES string of the molecule is CCCc1cc(C)c(-c2cc3cnc(Cl)cc3n3ccnc23)cn1. The van der Waals surface area contributed by atoms with Crippen LogP contribution in [0.4, 0.5) is 0 Å². The van der Waals surface area contributed by atoms with Gasteiger partial charge in [0.25, 0.3) is 0 Å². The lowest BCUT2D eigenvalue weighted by Gasteiger charge is -2.11. The van der Waals surface area contributed by atoms with Crippen LogP contribution in [0, 0.1) is 6.92 Å². The quantitative estimate of drug-likeness (QED) is 0.502. The average Bonchev–Trinajstić information content (AvgIpc) is 3.05. The summed E-state index contributed by atoms with van der Waals surface area (Å²) >= 11 is 6.06. The summed E-state index contributed by atoms with van der Waals surface area (Å²) in [6.45, 7) is 4.29. The molecule has 24 heavy (non-hydrogen) atoms. The maximum atomic E-state index is 6.06. The lowest BCUT2D eigenvalue weighted by Crippen LogP contribution is -1.96. The number of halogens is 1. The molecular weight excluding hydrogens is 320 g/mol. The summed E-state index contributed by atoms with van der Waals surface area (Å²) in [4.78, 5) is 13.4. The van der Waals surface area contributed by atoms with Gasteiger partial charge in [0.15, 0.2) is 0 Å². The summed E-state index contributed by atoms with van der Waals surface area (Å²) in [5.74, 6) is 0. The van der Waals surface area contributed by atoms with Gasteiger partial charge in [0.2, 0.25) is 0 Å². The minimum Gasteiger partial charge on any atom is -0.299 e. The molecule has 0 spiro atoms. The molecule has 0 atom stereocenters. The van der Waals surface area contributed by atoms with E-state index in [-0.39, 0.29) is 0 Å². The highest BCUT2D eigenvalue weighted by atomic mass is 35.5. The molecule has 0 fully saturated rings. The van der Waals surface area contributed by atoms with Crippen molar-refractivity contribution < 1.29 is 0 Å². The van der Waals surface area contributed by atoms with Crippen LogP contribution in [0.3, 0.4) is 0 Å². The van der Waals surface area contributed by atoms with Gasteiger partial charge in [-0.3, -0.25) is 9.38 Å². The van der Waals surface area contributed by atoms with Crippen LogP contribution in [-0.4, -0.2) is 19.4 Å². The number of rotatable bonds is 3. The Hall–Kier alpha value is -2.46. The number of hydrogen-bond donors (Lipinski definition) is 0. The van der Waals surface area contributed by atoms with E-state index in [2.05, 4.69) is 45.3 Å². The highest BCUT2D eigenvalue weighted by Gasteiger charge is 2.13. The van der Waals surface area contributed by atoms with Gasteiger partial charge in [-0.25, -0.2) is 9.97 Å². The van der Waals surface area contributed by atoms with E-state index in [9.17, 15) is 0 Å². The summed E-state index contributed by atoms with van der Waals surface area (Å²) in [7, 11) is 0. The fourth-order valence-electron chi connectivity index (χ4n) is 3.15. The Morgan fingerprint density at radius 1 is 1.04 bits per heavy atom. The van der Waals surface area contributed by atoms with Crippen molar-refractivity contribution in [3.63, 3.8) is 0 Å². The third-order valence-electron chi connectivity index (χ3n) is 4.28. The predicted molar refractivity (Wildman–Crippen MR) is 97.5 cm³/mol. The molecule has 0 unspecified atom stereocenters. The predicted octanol–water partition coefficient (Wildman–Crippen LogP) is 4.86. The highest BCUT2D eigenvalue weighted by Crippen LogP contribution is 2.31. The van der Waals surface area contributed by atoms with Crippen molar-refractivity contribution in [1.29, 1.82) is 0 Å². The van der Waals surface area contributed by atoms with Crippen molar-refractivity contribution in [3.05, 3.63) is 59.4 Å². The first-order valence-electron chi connectivity index (χ1n) is 8.04. The number of fused-ring (bicyclic) bond motifs is 3. The maximum Gasteiger partial charge on any atom is 0.145 e. The molecule has 0 aliphatic carbocycles. The Balaban J connectivity index is 1.99. The van der Waals surface area contributed by atoms with Gasteiger partial charge in [0.1, 0.15) is 10.8 Å². The van der Waals surface area contributed by atoms with Gasteiger partial charge in [-0.15, -0.1) is 0 Å². The molecule has 4 heterocycles. The Labute approximate surface area is 145 Å². The first-order chi connectivity index (χ1) is 11.7. The lowest BCUT2D eigenvalue weighted by molar-refractivity contribution is 0.881.